The highest BCUT2D eigenvalue weighted by atomic mass is 15.5. The second-order valence-corrected chi connectivity index (χ2v) is 10.8. The molecule has 0 spiro atoms. The number of para-hydroxylation sites is 5. The van der Waals surface area contributed by atoms with Gasteiger partial charge in [-0.25, -0.2) is 0 Å². The van der Waals surface area contributed by atoms with Crippen molar-refractivity contribution in [2.24, 2.45) is 0 Å². The van der Waals surface area contributed by atoms with Crippen molar-refractivity contribution in [1.82, 2.24) is 15.0 Å². The molecule has 8 aromatic rings. The Morgan fingerprint density at radius 3 is 1.58 bits per heavy atom. The fourth-order valence-electron chi connectivity index (χ4n) is 6.45. The van der Waals surface area contributed by atoms with Gasteiger partial charge in [0.15, 0.2) is 0 Å². The van der Waals surface area contributed by atoms with Crippen molar-refractivity contribution >= 4 is 66.7 Å². The van der Waals surface area contributed by atoms with Gasteiger partial charge in [0.05, 0.1) is 34.1 Å². The van der Waals surface area contributed by atoms with E-state index in [1.54, 1.807) is 4.80 Å². The first kappa shape index (κ1) is 23.7. The molecule has 0 amide bonds. The molecule has 202 valence electrons. The largest absolute Gasteiger partial charge is 0.306 e. The lowest BCUT2D eigenvalue weighted by Gasteiger charge is -2.40. The molecule has 2 heterocycles. The Hall–Kier alpha value is -5.94. The number of rotatable bonds is 3. The van der Waals surface area contributed by atoms with Gasteiger partial charge in [-0.3, -0.25) is 0 Å². The fourth-order valence-corrected chi connectivity index (χ4v) is 6.45. The highest BCUT2D eigenvalue weighted by Gasteiger charge is 2.31. The van der Waals surface area contributed by atoms with Gasteiger partial charge in [-0.1, -0.05) is 97.1 Å². The summed E-state index contributed by atoms with van der Waals surface area (Å²) in [6, 6.07) is 53.2. The van der Waals surface area contributed by atoms with E-state index >= 15 is 0 Å². The first-order valence-electron chi connectivity index (χ1n) is 14.5. The molecule has 0 fully saturated rings. The Kier molecular flexibility index (Phi) is 5.13. The molecule has 43 heavy (non-hydrogen) atoms. The summed E-state index contributed by atoms with van der Waals surface area (Å²) in [5, 5.41) is 14.4. The predicted molar refractivity (Wildman–Crippen MR) is 177 cm³/mol. The van der Waals surface area contributed by atoms with E-state index < -0.39 is 0 Å². The molecule has 0 aliphatic carbocycles. The van der Waals surface area contributed by atoms with E-state index in [4.69, 9.17) is 10.2 Å². The van der Waals surface area contributed by atoms with E-state index in [0.29, 0.717) is 0 Å². The molecule has 1 aromatic heterocycles. The lowest BCUT2D eigenvalue weighted by Crippen LogP contribution is -2.24. The van der Waals surface area contributed by atoms with Crippen LogP contribution in [0.25, 0.3) is 38.3 Å². The fraction of sp³-hybridized carbons (Fsp3) is 0. The maximum absolute atomic E-state index is 5.00. The van der Waals surface area contributed by atoms with Gasteiger partial charge in [0.1, 0.15) is 11.0 Å². The highest BCUT2D eigenvalue weighted by Crippen LogP contribution is 2.55. The van der Waals surface area contributed by atoms with Crippen LogP contribution in [-0.2, 0) is 0 Å². The van der Waals surface area contributed by atoms with Crippen molar-refractivity contribution < 1.29 is 0 Å². The maximum Gasteiger partial charge on any atom is 0.121 e. The Morgan fingerprint density at radius 2 is 0.884 bits per heavy atom. The van der Waals surface area contributed by atoms with Crippen LogP contribution < -0.4 is 9.80 Å². The van der Waals surface area contributed by atoms with E-state index in [1.807, 2.05) is 0 Å². The van der Waals surface area contributed by atoms with Crippen LogP contribution in [0.1, 0.15) is 0 Å². The van der Waals surface area contributed by atoms with Gasteiger partial charge in [-0.15, -0.1) is 15.0 Å². The van der Waals surface area contributed by atoms with Gasteiger partial charge in [0.25, 0.3) is 0 Å². The number of fused-ring (bicyclic) bond motifs is 6. The Labute approximate surface area is 248 Å². The molecule has 1 aliphatic rings. The Bertz CT molecular complexity index is 2270. The van der Waals surface area contributed by atoms with Crippen molar-refractivity contribution in [2.45, 2.75) is 0 Å². The van der Waals surface area contributed by atoms with Crippen LogP contribution >= 0.6 is 0 Å². The molecular weight excluding hydrogens is 526 g/mol. The maximum atomic E-state index is 5.00. The zero-order valence-corrected chi connectivity index (χ0v) is 23.2. The lowest BCUT2D eigenvalue weighted by molar-refractivity contribution is 0.772. The minimum absolute atomic E-state index is 0.881. The first-order chi connectivity index (χ1) is 21.3. The van der Waals surface area contributed by atoms with E-state index in [1.165, 1.54) is 0 Å². The van der Waals surface area contributed by atoms with Crippen LogP contribution in [0.5, 0.6) is 0 Å². The average Bonchev–Trinajstić information content (AvgIpc) is 3.52. The van der Waals surface area contributed by atoms with Gasteiger partial charge in [0, 0.05) is 21.8 Å². The zero-order chi connectivity index (χ0) is 28.3. The van der Waals surface area contributed by atoms with Crippen LogP contribution in [0.2, 0.25) is 0 Å². The molecule has 0 unspecified atom stereocenters. The van der Waals surface area contributed by atoms with Gasteiger partial charge < -0.3 is 9.80 Å². The van der Waals surface area contributed by atoms with Crippen LogP contribution in [0, 0.1) is 0 Å². The Morgan fingerprint density at radius 1 is 0.349 bits per heavy atom. The molecule has 0 atom stereocenters. The molecule has 0 N–H and O–H groups in total. The summed E-state index contributed by atoms with van der Waals surface area (Å²) in [6.45, 7) is 0. The topological polar surface area (TPSA) is 37.2 Å². The van der Waals surface area contributed by atoms with Crippen molar-refractivity contribution in [2.75, 3.05) is 9.80 Å². The number of anilines is 6. The SMILES string of the molecule is c1ccc(N2c3ccccc3N(c3ccc(-n4nc5ccc6ccccc6c5n4)c4ccccc34)c3ccccc32)cc1. The summed E-state index contributed by atoms with van der Waals surface area (Å²) in [7, 11) is 0. The molecule has 0 saturated heterocycles. The van der Waals surface area contributed by atoms with E-state index in [0.717, 1.165) is 72.4 Å². The summed E-state index contributed by atoms with van der Waals surface area (Å²) in [5.41, 5.74) is 9.48. The molecular formula is C38H25N5. The molecule has 0 radical (unpaired) electrons. The third kappa shape index (κ3) is 3.58. The number of benzene rings is 7. The van der Waals surface area contributed by atoms with Crippen molar-refractivity contribution in [3.05, 3.63) is 152 Å². The summed E-state index contributed by atoms with van der Waals surface area (Å²) < 4.78 is 0. The molecule has 1 aliphatic heterocycles. The monoisotopic (exact) mass is 551 g/mol. The number of aromatic nitrogens is 3. The minimum atomic E-state index is 0.881. The number of hydrogen-bond donors (Lipinski definition) is 0. The van der Waals surface area contributed by atoms with Gasteiger partial charge in [0.2, 0.25) is 0 Å². The second kappa shape index (κ2) is 9.29. The third-order valence-electron chi connectivity index (χ3n) is 8.35. The number of nitrogens with zero attached hydrogens (tertiary/aromatic N) is 5. The van der Waals surface area contributed by atoms with Crippen LogP contribution in [0.15, 0.2) is 152 Å². The summed E-state index contributed by atoms with van der Waals surface area (Å²) in [4.78, 5) is 6.52. The molecule has 7 aromatic carbocycles. The lowest BCUT2D eigenvalue weighted by atomic mass is 10.0. The molecule has 9 rings (SSSR count). The highest BCUT2D eigenvalue weighted by molar-refractivity contribution is 6.09. The first-order valence-corrected chi connectivity index (χ1v) is 14.5. The zero-order valence-electron chi connectivity index (χ0n) is 23.2. The molecule has 5 nitrogen and oxygen atoms in total. The summed E-state index contributed by atoms with van der Waals surface area (Å²) in [6.07, 6.45) is 0. The van der Waals surface area contributed by atoms with Crippen molar-refractivity contribution in [3.8, 4) is 5.69 Å². The normalized spacial score (nSPS) is 12.6. The van der Waals surface area contributed by atoms with E-state index in [2.05, 4.69) is 161 Å². The predicted octanol–water partition coefficient (Wildman–Crippen LogP) is 9.98. The van der Waals surface area contributed by atoms with E-state index in [9.17, 15) is 0 Å². The summed E-state index contributed by atoms with van der Waals surface area (Å²) in [5.74, 6) is 0. The van der Waals surface area contributed by atoms with Crippen LogP contribution in [0.4, 0.5) is 34.1 Å². The van der Waals surface area contributed by atoms with Gasteiger partial charge >= 0.3 is 0 Å². The van der Waals surface area contributed by atoms with Crippen LogP contribution in [-0.4, -0.2) is 15.0 Å². The van der Waals surface area contributed by atoms with E-state index in [-0.39, 0.29) is 0 Å². The van der Waals surface area contributed by atoms with Crippen molar-refractivity contribution in [1.29, 1.82) is 0 Å². The Balaban J connectivity index is 1.26. The smallest absolute Gasteiger partial charge is 0.121 e. The molecule has 0 bridgehead atoms. The number of hydrogen-bond acceptors (Lipinski definition) is 4. The molecule has 5 heteroatoms. The van der Waals surface area contributed by atoms with Gasteiger partial charge in [-0.05, 0) is 60.0 Å². The minimum Gasteiger partial charge on any atom is -0.306 e. The standard InChI is InChI=1S/C38H25N5/c1-2-13-27(14-3-1)41-34-18-8-10-20-36(34)42(37-21-11-9-19-35(37)41)32-24-25-33(30-17-7-6-16-29(30)32)43-39-31-23-22-26-12-4-5-15-28(26)38(31)40-43/h1-25H. The summed E-state index contributed by atoms with van der Waals surface area (Å²) >= 11 is 0. The van der Waals surface area contributed by atoms with Crippen LogP contribution in [0.3, 0.4) is 0 Å². The molecule has 0 saturated carbocycles. The third-order valence-corrected chi connectivity index (χ3v) is 8.35. The second-order valence-electron chi connectivity index (χ2n) is 10.8. The quantitative estimate of drug-likeness (QED) is 0.219. The van der Waals surface area contributed by atoms with Crippen molar-refractivity contribution in [3.63, 3.8) is 0 Å². The van der Waals surface area contributed by atoms with Gasteiger partial charge in [-0.2, -0.15) is 0 Å². The average molecular weight is 552 g/mol.